The molecule has 1 fully saturated rings. The molecule has 0 N–H and O–H groups in total. The minimum Gasteiger partial charge on any atom is -0.419 e. The molecule has 3 heterocycles. The highest BCUT2D eigenvalue weighted by atomic mass is 19.1. The average Bonchev–Trinajstić information content (AvgIpc) is 3.40. The maximum Gasteiger partial charge on any atom is 0.269 e. The quantitative estimate of drug-likeness (QED) is 0.684. The smallest absolute Gasteiger partial charge is 0.269 e. The topological polar surface area (TPSA) is 85.3 Å². The van der Waals surface area contributed by atoms with Gasteiger partial charge in [0.1, 0.15) is 11.6 Å². The van der Waals surface area contributed by atoms with Gasteiger partial charge >= 0.3 is 0 Å². The van der Waals surface area contributed by atoms with Crippen molar-refractivity contribution in [2.45, 2.75) is 38.6 Å². The Bertz CT molecular complexity index is 935. The molecule has 8 heteroatoms. The van der Waals surface area contributed by atoms with Gasteiger partial charge in [0.15, 0.2) is 5.69 Å². The van der Waals surface area contributed by atoms with Gasteiger partial charge in [0.05, 0.1) is 6.04 Å². The molecule has 1 saturated heterocycles. The average molecular weight is 370 g/mol. The predicted molar refractivity (Wildman–Crippen MR) is 92.9 cm³/mol. The second-order valence-corrected chi connectivity index (χ2v) is 6.62. The van der Waals surface area contributed by atoms with Crippen LogP contribution in [-0.4, -0.2) is 32.7 Å². The fourth-order valence-electron chi connectivity index (χ4n) is 3.38. The maximum absolute atomic E-state index is 13.1. The van der Waals surface area contributed by atoms with Gasteiger partial charge in [-0.2, -0.15) is 0 Å². The number of amides is 1. The molecule has 0 spiro atoms. The molecule has 0 saturated carbocycles. The van der Waals surface area contributed by atoms with E-state index in [1.807, 2.05) is 4.90 Å². The highest BCUT2D eigenvalue weighted by molar-refractivity contribution is 5.77. The van der Waals surface area contributed by atoms with Gasteiger partial charge in [0.2, 0.25) is 11.8 Å². The molecule has 1 aromatic carbocycles. The number of benzene rings is 1. The minimum atomic E-state index is -0.274. The second kappa shape index (κ2) is 7.30. The number of hydrogen-bond donors (Lipinski definition) is 0. The van der Waals surface area contributed by atoms with E-state index in [2.05, 4.69) is 15.4 Å². The number of hydrogen-bond acceptors (Lipinski definition) is 6. The molecule has 0 aliphatic carbocycles. The van der Waals surface area contributed by atoms with Gasteiger partial charge in [-0.05, 0) is 37.5 Å². The lowest BCUT2D eigenvalue weighted by atomic mass is 10.0. The summed E-state index contributed by atoms with van der Waals surface area (Å²) in [5.74, 6) is 1.07. The Hall–Kier alpha value is -3.03. The van der Waals surface area contributed by atoms with Gasteiger partial charge in [-0.3, -0.25) is 4.79 Å². The first-order chi connectivity index (χ1) is 13.1. The highest BCUT2D eigenvalue weighted by Gasteiger charge is 2.29. The molecule has 3 aromatic rings. The number of aryl methyl sites for hydroxylation is 2. The second-order valence-electron chi connectivity index (χ2n) is 6.62. The van der Waals surface area contributed by atoms with E-state index < -0.39 is 0 Å². The van der Waals surface area contributed by atoms with Crippen LogP contribution in [0.1, 0.15) is 42.5 Å². The monoisotopic (exact) mass is 370 g/mol. The molecule has 140 valence electrons. The summed E-state index contributed by atoms with van der Waals surface area (Å²) in [6, 6.07) is 8.06. The Morgan fingerprint density at radius 3 is 2.85 bits per heavy atom. The van der Waals surface area contributed by atoms with Crippen molar-refractivity contribution in [3.63, 3.8) is 0 Å². The SMILES string of the molecule is Cc1cc(-c2nnc(CCC(=O)N3CCCC3c3ccc(F)cc3)o2)no1. The molecule has 7 nitrogen and oxygen atoms in total. The van der Waals surface area contributed by atoms with Crippen molar-refractivity contribution in [3.05, 3.63) is 53.4 Å². The zero-order valence-electron chi connectivity index (χ0n) is 14.9. The first kappa shape index (κ1) is 17.4. The molecule has 2 aromatic heterocycles. The van der Waals surface area contributed by atoms with E-state index in [-0.39, 0.29) is 30.1 Å². The largest absolute Gasteiger partial charge is 0.419 e. The number of likely N-dealkylation sites (tertiary alicyclic amines) is 1. The third-order valence-corrected chi connectivity index (χ3v) is 4.69. The van der Waals surface area contributed by atoms with E-state index in [0.717, 1.165) is 18.4 Å². The van der Waals surface area contributed by atoms with Crippen LogP contribution in [0.3, 0.4) is 0 Å². The van der Waals surface area contributed by atoms with Crippen molar-refractivity contribution in [2.75, 3.05) is 6.54 Å². The highest BCUT2D eigenvalue weighted by Crippen LogP contribution is 2.32. The lowest BCUT2D eigenvalue weighted by Gasteiger charge is -2.25. The zero-order chi connectivity index (χ0) is 18.8. The van der Waals surface area contributed by atoms with E-state index in [0.29, 0.717) is 30.3 Å². The van der Waals surface area contributed by atoms with Crippen LogP contribution in [0.4, 0.5) is 4.39 Å². The maximum atomic E-state index is 13.1. The number of nitrogens with zero attached hydrogens (tertiary/aromatic N) is 4. The number of carbonyl (C=O) groups excluding carboxylic acids is 1. The van der Waals surface area contributed by atoms with E-state index >= 15 is 0 Å². The third kappa shape index (κ3) is 3.74. The van der Waals surface area contributed by atoms with E-state index in [4.69, 9.17) is 8.94 Å². The summed E-state index contributed by atoms with van der Waals surface area (Å²) in [7, 11) is 0. The van der Waals surface area contributed by atoms with E-state index in [9.17, 15) is 9.18 Å². The Labute approximate surface area is 155 Å². The normalized spacial score (nSPS) is 16.8. The van der Waals surface area contributed by atoms with Gasteiger partial charge in [-0.1, -0.05) is 17.3 Å². The number of halogens is 1. The van der Waals surface area contributed by atoms with Gasteiger partial charge in [-0.25, -0.2) is 4.39 Å². The predicted octanol–water partition coefficient (Wildman–Crippen LogP) is 3.47. The van der Waals surface area contributed by atoms with Crippen LogP contribution in [0.25, 0.3) is 11.6 Å². The van der Waals surface area contributed by atoms with Gasteiger partial charge < -0.3 is 13.8 Å². The van der Waals surface area contributed by atoms with Crippen LogP contribution in [0, 0.1) is 12.7 Å². The summed E-state index contributed by atoms with van der Waals surface area (Å²) in [5, 5.41) is 11.8. The lowest BCUT2D eigenvalue weighted by Crippen LogP contribution is -2.30. The first-order valence-electron chi connectivity index (χ1n) is 8.91. The molecule has 1 amide bonds. The Morgan fingerprint density at radius 2 is 2.11 bits per heavy atom. The van der Waals surface area contributed by atoms with E-state index in [1.54, 1.807) is 25.1 Å². The molecule has 27 heavy (non-hydrogen) atoms. The van der Waals surface area contributed by atoms with Crippen LogP contribution in [-0.2, 0) is 11.2 Å². The third-order valence-electron chi connectivity index (χ3n) is 4.69. The summed E-state index contributed by atoms with van der Waals surface area (Å²) in [5.41, 5.74) is 1.44. The Balaban J connectivity index is 1.39. The lowest BCUT2D eigenvalue weighted by molar-refractivity contribution is -0.132. The van der Waals surface area contributed by atoms with Crippen LogP contribution in [0.2, 0.25) is 0 Å². The molecule has 1 atom stereocenters. The van der Waals surface area contributed by atoms with Crippen molar-refractivity contribution >= 4 is 5.91 Å². The Morgan fingerprint density at radius 1 is 1.30 bits per heavy atom. The van der Waals surface area contributed by atoms with Crippen LogP contribution >= 0.6 is 0 Å². The van der Waals surface area contributed by atoms with Crippen molar-refractivity contribution in [3.8, 4) is 11.6 Å². The van der Waals surface area contributed by atoms with Crippen molar-refractivity contribution < 1.29 is 18.1 Å². The van der Waals surface area contributed by atoms with Crippen LogP contribution in [0.15, 0.2) is 39.3 Å². The fraction of sp³-hybridized carbons (Fsp3) is 0.368. The van der Waals surface area contributed by atoms with Gasteiger partial charge in [-0.15, -0.1) is 10.2 Å². The summed E-state index contributed by atoms with van der Waals surface area (Å²) in [6.07, 6.45) is 2.45. The van der Waals surface area contributed by atoms with Crippen LogP contribution in [0.5, 0.6) is 0 Å². The van der Waals surface area contributed by atoms with Gasteiger partial charge in [0, 0.05) is 25.5 Å². The number of aromatic nitrogens is 3. The van der Waals surface area contributed by atoms with Crippen LogP contribution < -0.4 is 0 Å². The van der Waals surface area contributed by atoms with Gasteiger partial charge in [0.25, 0.3) is 5.89 Å². The molecule has 1 unspecified atom stereocenters. The molecule has 1 aliphatic rings. The minimum absolute atomic E-state index is 0.00514. The molecular formula is C19H19FN4O3. The molecule has 1 aliphatic heterocycles. The molecule has 0 radical (unpaired) electrons. The Kier molecular flexibility index (Phi) is 4.70. The fourth-order valence-corrected chi connectivity index (χ4v) is 3.38. The number of rotatable bonds is 5. The standard InChI is InChI=1S/C19H19FN4O3/c1-12-11-15(23-27-12)19-22-21-17(26-19)8-9-18(25)24-10-2-3-16(24)13-4-6-14(20)7-5-13/h4-7,11,16H,2-3,8-10H2,1H3. The molecule has 4 rings (SSSR count). The first-order valence-corrected chi connectivity index (χ1v) is 8.91. The summed E-state index contributed by atoms with van der Waals surface area (Å²) >= 11 is 0. The summed E-state index contributed by atoms with van der Waals surface area (Å²) < 4.78 is 23.7. The molecular weight excluding hydrogens is 351 g/mol. The van der Waals surface area contributed by atoms with Crippen molar-refractivity contribution in [1.29, 1.82) is 0 Å². The molecule has 0 bridgehead atoms. The summed E-state index contributed by atoms with van der Waals surface area (Å²) in [4.78, 5) is 14.5. The zero-order valence-corrected chi connectivity index (χ0v) is 14.9. The number of carbonyl (C=O) groups is 1. The summed E-state index contributed by atoms with van der Waals surface area (Å²) in [6.45, 7) is 2.48. The van der Waals surface area contributed by atoms with Crippen molar-refractivity contribution in [2.24, 2.45) is 0 Å². The van der Waals surface area contributed by atoms with E-state index in [1.165, 1.54) is 12.1 Å². The van der Waals surface area contributed by atoms with Crippen molar-refractivity contribution in [1.82, 2.24) is 20.3 Å².